The highest BCUT2D eigenvalue weighted by molar-refractivity contribution is 5.93. The van der Waals surface area contributed by atoms with Gasteiger partial charge in [0.15, 0.2) is 11.5 Å². The first-order valence-electron chi connectivity index (χ1n) is 6.69. The maximum atomic E-state index is 12.0. The molecular formula is C15H16N2O3. The number of hydrogen-bond donors (Lipinski definition) is 2. The van der Waals surface area contributed by atoms with Crippen LogP contribution in [-0.4, -0.2) is 22.2 Å². The maximum Gasteiger partial charge on any atom is 0.273 e. The van der Waals surface area contributed by atoms with E-state index < -0.39 is 0 Å². The summed E-state index contributed by atoms with van der Waals surface area (Å²) in [4.78, 5) is 12.0. The molecule has 1 saturated carbocycles. The van der Waals surface area contributed by atoms with Crippen LogP contribution in [0.3, 0.4) is 0 Å². The van der Waals surface area contributed by atoms with E-state index in [1.54, 1.807) is 30.3 Å². The van der Waals surface area contributed by atoms with E-state index in [1.165, 1.54) is 0 Å². The highest BCUT2D eigenvalue weighted by atomic mass is 16.5. The number of nitrogens with one attached hydrogen (secondary N) is 1. The van der Waals surface area contributed by atoms with Gasteiger partial charge in [0.05, 0.1) is 0 Å². The van der Waals surface area contributed by atoms with Crippen LogP contribution in [0.1, 0.15) is 30.3 Å². The predicted octanol–water partition coefficient (Wildman–Crippen LogP) is 2.58. The van der Waals surface area contributed by atoms with Crippen LogP contribution in [0.5, 0.6) is 5.75 Å². The molecule has 1 aliphatic rings. The normalized spacial score (nSPS) is 21.2. The minimum Gasteiger partial charge on any atom is -0.508 e. The number of aromatic nitrogens is 1. The van der Waals surface area contributed by atoms with Crippen molar-refractivity contribution < 1.29 is 14.4 Å². The van der Waals surface area contributed by atoms with Crippen LogP contribution in [0.15, 0.2) is 34.9 Å². The number of hydrogen-bond acceptors (Lipinski definition) is 4. The second-order valence-corrected chi connectivity index (χ2v) is 5.37. The number of nitrogens with zero attached hydrogens (tertiary/aromatic N) is 1. The van der Waals surface area contributed by atoms with Gasteiger partial charge in [-0.25, -0.2) is 0 Å². The molecule has 1 heterocycles. The van der Waals surface area contributed by atoms with Gasteiger partial charge in [-0.05, 0) is 30.9 Å². The Labute approximate surface area is 116 Å². The summed E-state index contributed by atoms with van der Waals surface area (Å²) in [5.41, 5.74) is 0.955. The molecule has 0 saturated heterocycles. The first kappa shape index (κ1) is 12.7. The molecule has 1 aromatic heterocycles. The molecule has 0 unspecified atom stereocenters. The maximum absolute atomic E-state index is 12.0. The van der Waals surface area contributed by atoms with Crippen molar-refractivity contribution in [1.29, 1.82) is 0 Å². The standard InChI is InChI=1S/C15H16N2O3/c1-9-5-11(6-9)16-15(19)13-8-14(20-17-13)10-3-2-4-12(18)7-10/h2-4,7-9,11,18H,5-6H2,1H3,(H,16,19). The molecule has 2 N–H and O–H groups in total. The predicted molar refractivity (Wildman–Crippen MR) is 73.3 cm³/mol. The van der Waals surface area contributed by atoms with Crippen molar-refractivity contribution in [3.8, 4) is 17.1 Å². The lowest BCUT2D eigenvalue weighted by atomic mass is 9.82. The first-order valence-corrected chi connectivity index (χ1v) is 6.69. The minimum absolute atomic E-state index is 0.147. The van der Waals surface area contributed by atoms with Gasteiger partial charge in [-0.1, -0.05) is 24.2 Å². The van der Waals surface area contributed by atoms with E-state index in [9.17, 15) is 9.90 Å². The Morgan fingerprint density at radius 2 is 2.20 bits per heavy atom. The topological polar surface area (TPSA) is 75.4 Å². The second kappa shape index (κ2) is 5.00. The number of amides is 1. The van der Waals surface area contributed by atoms with Gasteiger partial charge < -0.3 is 14.9 Å². The number of carbonyl (C=O) groups excluding carboxylic acids is 1. The van der Waals surface area contributed by atoms with Gasteiger partial charge in [-0.15, -0.1) is 0 Å². The third-order valence-electron chi connectivity index (χ3n) is 3.58. The van der Waals surface area contributed by atoms with Gasteiger partial charge >= 0.3 is 0 Å². The molecule has 0 bridgehead atoms. The first-order chi connectivity index (χ1) is 9.61. The summed E-state index contributed by atoms with van der Waals surface area (Å²) in [6.07, 6.45) is 2.03. The molecule has 20 heavy (non-hydrogen) atoms. The summed E-state index contributed by atoms with van der Waals surface area (Å²) in [5.74, 6) is 1.08. The Morgan fingerprint density at radius 3 is 2.90 bits per heavy atom. The van der Waals surface area contributed by atoms with E-state index in [4.69, 9.17) is 4.52 Å². The average Bonchev–Trinajstić information content (AvgIpc) is 2.86. The Morgan fingerprint density at radius 1 is 1.40 bits per heavy atom. The quantitative estimate of drug-likeness (QED) is 0.900. The molecule has 0 atom stereocenters. The smallest absolute Gasteiger partial charge is 0.273 e. The highest BCUT2D eigenvalue weighted by Crippen LogP contribution is 2.27. The lowest BCUT2D eigenvalue weighted by Crippen LogP contribution is -2.43. The molecule has 1 aromatic carbocycles. The van der Waals surface area contributed by atoms with Gasteiger partial charge in [0.1, 0.15) is 5.75 Å². The zero-order valence-electron chi connectivity index (χ0n) is 11.2. The van der Waals surface area contributed by atoms with Crippen LogP contribution < -0.4 is 5.32 Å². The van der Waals surface area contributed by atoms with Crippen molar-refractivity contribution in [2.24, 2.45) is 5.92 Å². The molecule has 3 rings (SSSR count). The minimum atomic E-state index is -0.211. The van der Waals surface area contributed by atoms with E-state index in [2.05, 4.69) is 17.4 Å². The Hall–Kier alpha value is -2.30. The summed E-state index contributed by atoms with van der Waals surface area (Å²) >= 11 is 0. The van der Waals surface area contributed by atoms with E-state index in [-0.39, 0.29) is 23.4 Å². The molecule has 1 aliphatic carbocycles. The van der Waals surface area contributed by atoms with Crippen molar-refractivity contribution >= 4 is 5.91 Å². The van der Waals surface area contributed by atoms with Crippen LogP contribution in [0, 0.1) is 5.92 Å². The van der Waals surface area contributed by atoms with E-state index >= 15 is 0 Å². The molecule has 104 valence electrons. The average molecular weight is 272 g/mol. The number of phenols is 1. The molecule has 0 spiro atoms. The highest BCUT2D eigenvalue weighted by Gasteiger charge is 2.27. The molecule has 5 heteroatoms. The lowest BCUT2D eigenvalue weighted by molar-refractivity contribution is 0.0887. The van der Waals surface area contributed by atoms with Crippen molar-refractivity contribution in [2.75, 3.05) is 0 Å². The Balaban J connectivity index is 1.71. The van der Waals surface area contributed by atoms with Crippen LogP contribution in [0.2, 0.25) is 0 Å². The molecule has 0 aliphatic heterocycles. The third kappa shape index (κ3) is 2.52. The van der Waals surface area contributed by atoms with E-state index in [0.29, 0.717) is 17.2 Å². The van der Waals surface area contributed by atoms with Crippen molar-refractivity contribution in [2.45, 2.75) is 25.8 Å². The van der Waals surface area contributed by atoms with Gasteiger partial charge in [0.25, 0.3) is 5.91 Å². The molecular weight excluding hydrogens is 256 g/mol. The van der Waals surface area contributed by atoms with Crippen LogP contribution in [-0.2, 0) is 0 Å². The summed E-state index contributed by atoms with van der Waals surface area (Å²) in [6, 6.07) is 8.48. The number of benzene rings is 1. The number of phenolic OH excluding ortho intramolecular Hbond substituents is 1. The van der Waals surface area contributed by atoms with Crippen molar-refractivity contribution in [1.82, 2.24) is 10.5 Å². The number of carbonyl (C=O) groups is 1. The summed E-state index contributed by atoms with van der Waals surface area (Å²) in [5, 5.41) is 16.1. The summed E-state index contributed by atoms with van der Waals surface area (Å²) in [6.45, 7) is 2.17. The molecule has 5 nitrogen and oxygen atoms in total. The molecule has 0 radical (unpaired) electrons. The lowest BCUT2D eigenvalue weighted by Gasteiger charge is -2.32. The third-order valence-corrected chi connectivity index (χ3v) is 3.58. The van der Waals surface area contributed by atoms with Gasteiger partial charge in [0.2, 0.25) is 0 Å². The SMILES string of the molecule is CC1CC(NC(=O)c2cc(-c3cccc(O)c3)on2)C1. The Bertz CT molecular complexity index is 630. The fourth-order valence-corrected chi connectivity index (χ4v) is 2.46. The van der Waals surface area contributed by atoms with E-state index in [1.807, 2.05) is 0 Å². The van der Waals surface area contributed by atoms with Crippen LogP contribution >= 0.6 is 0 Å². The second-order valence-electron chi connectivity index (χ2n) is 5.37. The fourth-order valence-electron chi connectivity index (χ4n) is 2.46. The fraction of sp³-hybridized carbons (Fsp3) is 0.333. The van der Waals surface area contributed by atoms with Crippen molar-refractivity contribution in [3.05, 3.63) is 36.0 Å². The molecule has 2 aromatic rings. The largest absolute Gasteiger partial charge is 0.508 e. The van der Waals surface area contributed by atoms with Crippen LogP contribution in [0.4, 0.5) is 0 Å². The summed E-state index contributed by atoms with van der Waals surface area (Å²) < 4.78 is 5.16. The van der Waals surface area contributed by atoms with E-state index in [0.717, 1.165) is 12.8 Å². The molecule has 1 fully saturated rings. The number of aromatic hydroxyl groups is 1. The molecule has 1 amide bonds. The number of rotatable bonds is 3. The monoisotopic (exact) mass is 272 g/mol. The Kier molecular flexibility index (Phi) is 3.18. The van der Waals surface area contributed by atoms with Gasteiger partial charge in [0, 0.05) is 17.7 Å². The van der Waals surface area contributed by atoms with Gasteiger partial charge in [-0.3, -0.25) is 4.79 Å². The van der Waals surface area contributed by atoms with Crippen LogP contribution in [0.25, 0.3) is 11.3 Å². The summed E-state index contributed by atoms with van der Waals surface area (Å²) in [7, 11) is 0. The van der Waals surface area contributed by atoms with Crippen molar-refractivity contribution in [3.63, 3.8) is 0 Å². The zero-order chi connectivity index (χ0) is 14.1. The van der Waals surface area contributed by atoms with Gasteiger partial charge in [-0.2, -0.15) is 0 Å². The zero-order valence-corrected chi connectivity index (χ0v) is 11.2.